The monoisotopic (exact) mass is 396 g/mol. The zero-order chi connectivity index (χ0) is 17.9. The number of aliphatic carboxylic acids is 1. The lowest BCUT2D eigenvalue weighted by molar-refractivity contribution is -0.155. The predicted octanol–water partition coefficient (Wildman–Crippen LogP) is 2.48. The van der Waals surface area contributed by atoms with Gasteiger partial charge in [-0.1, -0.05) is 28.1 Å². The molecule has 24 heavy (non-hydrogen) atoms. The van der Waals surface area contributed by atoms with Crippen molar-refractivity contribution < 1.29 is 19.5 Å². The number of hydrogen-bond donors (Lipinski definition) is 2. The molecule has 1 heterocycles. The lowest BCUT2D eigenvalue weighted by Gasteiger charge is -2.32. The van der Waals surface area contributed by atoms with Gasteiger partial charge in [-0.15, -0.1) is 0 Å². The minimum atomic E-state index is -1.17. The van der Waals surface area contributed by atoms with Crippen molar-refractivity contribution in [2.45, 2.75) is 44.7 Å². The molecular weight excluding hydrogens is 376 g/mol. The van der Waals surface area contributed by atoms with Gasteiger partial charge < -0.3 is 15.3 Å². The number of nitrogens with one attached hydrogen (secondary N) is 1. The van der Waals surface area contributed by atoms with E-state index in [0.717, 1.165) is 10.0 Å². The molecule has 1 aromatic carbocycles. The first-order valence-corrected chi connectivity index (χ1v) is 8.60. The van der Waals surface area contributed by atoms with Gasteiger partial charge in [0.25, 0.3) is 0 Å². The van der Waals surface area contributed by atoms with E-state index < -0.39 is 17.6 Å². The smallest absolute Gasteiger partial charge is 0.329 e. The van der Waals surface area contributed by atoms with Crippen molar-refractivity contribution in [3.05, 3.63) is 34.3 Å². The average molecular weight is 397 g/mol. The van der Waals surface area contributed by atoms with Crippen LogP contribution in [0.5, 0.6) is 0 Å². The summed E-state index contributed by atoms with van der Waals surface area (Å²) in [6, 6.07) is 6.86. The van der Waals surface area contributed by atoms with Crippen molar-refractivity contribution in [1.82, 2.24) is 10.2 Å². The van der Waals surface area contributed by atoms with Crippen molar-refractivity contribution >= 4 is 33.7 Å². The van der Waals surface area contributed by atoms with Crippen molar-refractivity contribution in [3.8, 4) is 0 Å². The molecule has 1 fully saturated rings. The van der Waals surface area contributed by atoms with Crippen LogP contribution >= 0.6 is 15.9 Å². The van der Waals surface area contributed by atoms with Gasteiger partial charge in [0.2, 0.25) is 11.8 Å². The number of halogens is 1. The average Bonchev–Trinajstić information content (AvgIpc) is 2.90. The van der Waals surface area contributed by atoms with Gasteiger partial charge in [0.05, 0.1) is 12.5 Å². The second-order valence-electron chi connectivity index (χ2n) is 6.24. The summed E-state index contributed by atoms with van der Waals surface area (Å²) in [5.41, 5.74) is -0.365. The maximum absolute atomic E-state index is 12.7. The summed E-state index contributed by atoms with van der Waals surface area (Å²) in [5, 5.41) is 12.2. The van der Waals surface area contributed by atoms with Crippen LogP contribution in [0.15, 0.2) is 28.7 Å². The van der Waals surface area contributed by atoms with E-state index in [1.807, 2.05) is 24.3 Å². The molecule has 2 N–H and O–H groups in total. The number of benzene rings is 1. The Kier molecular flexibility index (Phi) is 5.64. The van der Waals surface area contributed by atoms with E-state index in [2.05, 4.69) is 21.2 Å². The molecule has 0 aliphatic carbocycles. The number of carboxylic acids is 1. The SMILES string of the molecule is CC(=O)NC(CC(=O)N1CCCC1(C)C(=O)O)c1ccc(Br)cc1. The lowest BCUT2D eigenvalue weighted by Crippen LogP contribution is -2.51. The van der Waals surface area contributed by atoms with E-state index in [1.165, 1.54) is 11.8 Å². The third-order valence-electron chi connectivity index (χ3n) is 4.43. The maximum atomic E-state index is 12.7. The molecule has 7 heteroatoms. The van der Waals surface area contributed by atoms with Crippen molar-refractivity contribution in [1.29, 1.82) is 0 Å². The number of hydrogen-bond acceptors (Lipinski definition) is 3. The standard InChI is InChI=1S/C17H21BrN2O4/c1-11(21)19-14(12-4-6-13(18)7-5-12)10-15(22)20-9-3-8-17(20,2)16(23)24/h4-7,14H,3,8-10H2,1-2H3,(H,19,21)(H,23,24). The first kappa shape index (κ1) is 18.4. The first-order chi connectivity index (χ1) is 11.2. The second kappa shape index (κ2) is 7.34. The summed E-state index contributed by atoms with van der Waals surface area (Å²) in [6.45, 7) is 3.40. The highest BCUT2D eigenvalue weighted by Gasteiger charge is 2.46. The minimum absolute atomic E-state index is 0.0318. The Morgan fingerprint density at radius 1 is 1.33 bits per heavy atom. The van der Waals surface area contributed by atoms with Crippen LogP contribution in [0.4, 0.5) is 0 Å². The Bertz CT molecular complexity index is 646. The molecule has 2 atom stereocenters. The molecular formula is C17H21BrN2O4. The van der Waals surface area contributed by atoms with Crippen LogP contribution in [-0.4, -0.2) is 39.9 Å². The third-order valence-corrected chi connectivity index (χ3v) is 4.96. The van der Waals surface area contributed by atoms with E-state index in [9.17, 15) is 19.5 Å². The zero-order valence-corrected chi connectivity index (χ0v) is 15.3. The number of likely N-dealkylation sites (tertiary alicyclic amines) is 1. The third kappa shape index (κ3) is 3.95. The van der Waals surface area contributed by atoms with Crippen LogP contribution in [0.2, 0.25) is 0 Å². The van der Waals surface area contributed by atoms with Crippen molar-refractivity contribution in [3.63, 3.8) is 0 Å². The molecule has 0 bridgehead atoms. The summed E-state index contributed by atoms with van der Waals surface area (Å²) in [7, 11) is 0. The van der Waals surface area contributed by atoms with E-state index in [0.29, 0.717) is 19.4 Å². The second-order valence-corrected chi connectivity index (χ2v) is 7.15. The highest BCUT2D eigenvalue weighted by atomic mass is 79.9. The van der Waals surface area contributed by atoms with Gasteiger partial charge in [-0.3, -0.25) is 9.59 Å². The molecule has 130 valence electrons. The highest BCUT2D eigenvalue weighted by molar-refractivity contribution is 9.10. The fraction of sp³-hybridized carbons (Fsp3) is 0.471. The van der Waals surface area contributed by atoms with Gasteiger partial charge in [-0.05, 0) is 37.5 Å². The molecule has 0 saturated carbocycles. The Morgan fingerprint density at radius 2 is 1.96 bits per heavy atom. The zero-order valence-electron chi connectivity index (χ0n) is 13.7. The fourth-order valence-corrected chi connectivity index (χ4v) is 3.33. The minimum Gasteiger partial charge on any atom is -0.480 e. The molecule has 1 aromatic rings. The van der Waals surface area contributed by atoms with E-state index in [1.54, 1.807) is 6.92 Å². The van der Waals surface area contributed by atoms with Crippen molar-refractivity contribution in [2.75, 3.05) is 6.54 Å². The largest absolute Gasteiger partial charge is 0.480 e. The Morgan fingerprint density at radius 3 is 2.50 bits per heavy atom. The molecule has 0 spiro atoms. The molecule has 0 radical (unpaired) electrons. The summed E-state index contributed by atoms with van der Waals surface area (Å²) >= 11 is 3.35. The summed E-state index contributed by atoms with van der Waals surface area (Å²) in [4.78, 5) is 37.2. The van der Waals surface area contributed by atoms with Gasteiger partial charge >= 0.3 is 5.97 Å². The summed E-state index contributed by atoms with van der Waals surface area (Å²) in [6.07, 6.45) is 1.14. The molecule has 1 saturated heterocycles. The number of carbonyl (C=O) groups is 3. The Hall–Kier alpha value is -1.89. The summed E-state index contributed by atoms with van der Waals surface area (Å²) in [5.74, 6) is -1.50. The number of carbonyl (C=O) groups excluding carboxylic acids is 2. The normalized spacial score (nSPS) is 21.4. The van der Waals surface area contributed by atoms with Gasteiger partial charge in [0.15, 0.2) is 0 Å². The number of carboxylic acid groups (broad SMARTS) is 1. The number of nitrogens with zero attached hydrogens (tertiary/aromatic N) is 1. The van der Waals surface area contributed by atoms with Gasteiger partial charge in [0, 0.05) is 17.9 Å². The Balaban J connectivity index is 2.20. The Labute approximate surface area is 149 Å². The van der Waals surface area contributed by atoms with Gasteiger partial charge in [0.1, 0.15) is 5.54 Å². The van der Waals surface area contributed by atoms with Crippen LogP contribution < -0.4 is 5.32 Å². The maximum Gasteiger partial charge on any atom is 0.329 e. The van der Waals surface area contributed by atoms with Crippen LogP contribution in [0.3, 0.4) is 0 Å². The fourth-order valence-electron chi connectivity index (χ4n) is 3.06. The number of amides is 2. The molecule has 2 amide bonds. The predicted molar refractivity (Wildman–Crippen MR) is 92.3 cm³/mol. The van der Waals surface area contributed by atoms with E-state index in [4.69, 9.17) is 0 Å². The number of rotatable bonds is 5. The molecule has 2 rings (SSSR count). The highest BCUT2D eigenvalue weighted by Crippen LogP contribution is 2.31. The van der Waals surface area contributed by atoms with E-state index >= 15 is 0 Å². The molecule has 0 aromatic heterocycles. The van der Waals surface area contributed by atoms with Gasteiger partial charge in [-0.25, -0.2) is 4.79 Å². The topological polar surface area (TPSA) is 86.7 Å². The molecule has 2 unspecified atom stereocenters. The van der Waals surface area contributed by atoms with Gasteiger partial charge in [-0.2, -0.15) is 0 Å². The quantitative estimate of drug-likeness (QED) is 0.800. The van der Waals surface area contributed by atoms with Crippen LogP contribution in [0.1, 0.15) is 44.7 Å². The molecule has 1 aliphatic heterocycles. The first-order valence-electron chi connectivity index (χ1n) is 7.80. The summed E-state index contributed by atoms with van der Waals surface area (Å²) < 4.78 is 0.900. The van der Waals surface area contributed by atoms with Crippen LogP contribution in [0.25, 0.3) is 0 Å². The lowest BCUT2D eigenvalue weighted by atomic mass is 9.97. The van der Waals surface area contributed by atoms with Crippen molar-refractivity contribution in [2.24, 2.45) is 0 Å². The molecule has 6 nitrogen and oxygen atoms in total. The molecule has 1 aliphatic rings. The van der Waals surface area contributed by atoms with E-state index in [-0.39, 0.29) is 18.2 Å². The van der Waals surface area contributed by atoms with Crippen LogP contribution in [-0.2, 0) is 14.4 Å². The van der Waals surface area contributed by atoms with Crippen LogP contribution in [0, 0.1) is 0 Å².